The average Bonchev–Trinajstić information content (AvgIpc) is 2.42. The van der Waals surface area contributed by atoms with E-state index in [1.54, 1.807) is 6.07 Å². The minimum Gasteiger partial charge on any atom is -0.395 e. The molecule has 0 radical (unpaired) electrons. The molecule has 0 heterocycles. The topological polar surface area (TPSA) is 83.9 Å². The van der Waals surface area contributed by atoms with Gasteiger partial charge in [-0.15, -0.1) is 0 Å². The Hall–Kier alpha value is -1.44. The molecular formula is C13H19NO5S. The summed E-state index contributed by atoms with van der Waals surface area (Å²) < 4.78 is 27.9. The maximum absolute atomic E-state index is 12.3. The highest BCUT2D eigenvalue weighted by atomic mass is 32.2. The number of benzene rings is 1. The van der Waals surface area contributed by atoms with Crippen molar-refractivity contribution in [2.75, 3.05) is 39.7 Å². The van der Waals surface area contributed by atoms with Gasteiger partial charge in [0.15, 0.2) is 9.84 Å². The number of amides is 1. The number of carbonyl (C=O) groups excluding carboxylic acids is 1. The van der Waals surface area contributed by atoms with E-state index in [1.807, 2.05) is 0 Å². The standard InChI is InChI=1S/C13H19NO5S/c1-19-9-7-14(6-8-15)13(16)11-4-3-5-12(10-11)20(2,17)18/h3-5,10,15H,6-9H2,1-2H3. The van der Waals surface area contributed by atoms with Crippen LogP contribution in [0.15, 0.2) is 29.2 Å². The Bertz CT molecular complexity index is 556. The number of hydrogen-bond acceptors (Lipinski definition) is 5. The third-order valence-electron chi connectivity index (χ3n) is 2.73. The molecule has 7 heteroatoms. The molecule has 6 nitrogen and oxygen atoms in total. The number of nitrogens with zero attached hydrogens (tertiary/aromatic N) is 1. The van der Waals surface area contributed by atoms with Crippen LogP contribution in [-0.2, 0) is 14.6 Å². The molecule has 0 fully saturated rings. The maximum Gasteiger partial charge on any atom is 0.254 e. The smallest absolute Gasteiger partial charge is 0.254 e. The van der Waals surface area contributed by atoms with Crippen molar-refractivity contribution in [2.45, 2.75) is 4.90 Å². The number of aliphatic hydroxyl groups excluding tert-OH is 1. The Kier molecular flexibility index (Phi) is 6.12. The van der Waals surface area contributed by atoms with Crippen LogP contribution in [0, 0.1) is 0 Å². The van der Waals surface area contributed by atoms with Crippen molar-refractivity contribution in [3.63, 3.8) is 0 Å². The van der Waals surface area contributed by atoms with Crippen LogP contribution in [0.25, 0.3) is 0 Å². The van der Waals surface area contributed by atoms with Gasteiger partial charge in [-0.05, 0) is 18.2 Å². The molecule has 0 unspecified atom stereocenters. The van der Waals surface area contributed by atoms with Gasteiger partial charge in [0.05, 0.1) is 18.1 Å². The highest BCUT2D eigenvalue weighted by Gasteiger charge is 2.17. The van der Waals surface area contributed by atoms with Crippen molar-refractivity contribution in [1.82, 2.24) is 4.90 Å². The zero-order valence-corrected chi connectivity index (χ0v) is 12.4. The molecule has 1 aromatic rings. The van der Waals surface area contributed by atoms with E-state index in [9.17, 15) is 13.2 Å². The molecule has 0 aliphatic heterocycles. The highest BCUT2D eigenvalue weighted by Crippen LogP contribution is 2.13. The fourth-order valence-electron chi connectivity index (χ4n) is 1.68. The third kappa shape index (κ3) is 4.59. The lowest BCUT2D eigenvalue weighted by Crippen LogP contribution is -2.36. The SMILES string of the molecule is COCCN(CCO)C(=O)c1cccc(S(C)(=O)=O)c1. The summed E-state index contributed by atoms with van der Waals surface area (Å²) in [4.78, 5) is 13.8. The molecule has 1 rings (SSSR count). The average molecular weight is 301 g/mol. The molecular weight excluding hydrogens is 282 g/mol. The van der Waals surface area contributed by atoms with Gasteiger partial charge in [-0.3, -0.25) is 4.79 Å². The molecule has 1 N–H and O–H groups in total. The van der Waals surface area contributed by atoms with Gasteiger partial charge in [-0.25, -0.2) is 8.42 Å². The number of carbonyl (C=O) groups is 1. The van der Waals surface area contributed by atoms with E-state index in [-0.39, 0.29) is 29.5 Å². The van der Waals surface area contributed by atoms with E-state index in [0.717, 1.165) is 6.26 Å². The summed E-state index contributed by atoms with van der Waals surface area (Å²) >= 11 is 0. The summed E-state index contributed by atoms with van der Waals surface area (Å²) in [6, 6.07) is 5.86. The molecule has 20 heavy (non-hydrogen) atoms. The normalized spacial score (nSPS) is 11.3. The summed E-state index contributed by atoms with van der Waals surface area (Å²) in [5.74, 6) is -0.332. The zero-order valence-electron chi connectivity index (χ0n) is 11.6. The van der Waals surface area contributed by atoms with E-state index in [2.05, 4.69) is 0 Å². The Labute approximate surface area is 118 Å². The molecule has 0 aromatic heterocycles. The van der Waals surface area contributed by atoms with Crippen LogP contribution in [0.4, 0.5) is 0 Å². The largest absolute Gasteiger partial charge is 0.395 e. The molecule has 0 aliphatic carbocycles. The zero-order chi connectivity index (χ0) is 15.2. The molecule has 0 bridgehead atoms. The van der Waals surface area contributed by atoms with E-state index in [0.29, 0.717) is 13.2 Å². The van der Waals surface area contributed by atoms with Crippen LogP contribution in [0.2, 0.25) is 0 Å². The van der Waals surface area contributed by atoms with Gasteiger partial charge in [0.25, 0.3) is 5.91 Å². The molecule has 1 amide bonds. The van der Waals surface area contributed by atoms with Gasteiger partial charge in [0.2, 0.25) is 0 Å². The highest BCUT2D eigenvalue weighted by molar-refractivity contribution is 7.90. The predicted octanol–water partition coefficient (Wildman–Crippen LogP) is 0.171. The predicted molar refractivity (Wildman–Crippen MR) is 74.4 cm³/mol. The Morgan fingerprint density at radius 2 is 2.05 bits per heavy atom. The van der Waals surface area contributed by atoms with Crippen molar-refractivity contribution < 1.29 is 23.1 Å². The van der Waals surface area contributed by atoms with Gasteiger partial charge < -0.3 is 14.7 Å². The van der Waals surface area contributed by atoms with E-state index >= 15 is 0 Å². The van der Waals surface area contributed by atoms with Crippen LogP contribution in [0.3, 0.4) is 0 Å². The van der Waals surface area contributed by atoms with Crippen LogP contribution >= 0.6 is 0 Å². The molecule has 0 spiro atoms. The summed E-state index contributed by atoms with van der Waals surface area (Å²) in [5.41, 5.74) is 0.275. The first kappa shape index (κ1) is 16.6. The van der Waals surface area contributed by atoms with Crippen LogP contribution in [0.1, 0.15) is 10.4 Å². The van der Waals surface area contributed by atoms with Crippen LogP contribution in [0.5, 0.6) is 0 Å². The minimum absolute atomic E-state index is 0.0963. The lowest BCUT2D eigenvalue weighted by atomic mass is 10.2. The summed E-state index contributed by atoms with van der Waals surface area (Å²) in [6.45, 7) is 0.684. The third-order valence-corrected chi connectivity index (χ3v) is 3.84. The first-order valence-electron chi connectivity index (χ1n) is 6.09. The first-order chi connectivity index (χ1) is 9.40. The van der Waals surface area contributed by atoms with Crippen molar-refractivity contribution in [1.29, 1.82) is 0 Å². The number of hydrogen-bond donors (Lipinski definition) is 1. The van der Waals surface area contributed by atoms with Crippen molar-refractivity contribution in [3.05, 3.63) is 29.8 Å². The van der Waals surface area contributed by atoms with Gasteiger partial charge in [-0.1, -0.05) is 6.07 Å². The number of sulfone groups is 1. The molecule has 0 atom stereocenters. The van der Waals surface area contributed by atoms with Crippen LogP contribution in [-0.4, -0.2) is 64.0 Å². The van der Waals surface area contributed by atoms with Gasteiger partial charge in [-0.2, -0.15) is 0 Å². The summed E-state index contributed by atoms with van der Waals surface area (Å²) in [5, 5.41) is 8.99. The fourth-order valence-corrected chi connectivity index (χ4v) is 2.35. The molecule has 0 saturated carbocycles. The van der Waals surface area contributed by atoms with E-state index < -0.39 is 9.84 Å². The van der Waals surface area contributed by atoms with E-state index in [1.165, 1.54) is 30.2 Å². The number of rotatable bonds is 7. The number of aliphatic hydroxyl groups is 1. The Morgan fingerprint density at radius 1 is 1.35 bits per heavy atom. The molecule has 1 aromatic carbocycles. The first-order valence-corrected chi connectivity index (χ1v) is 7.98. The van der Waals surface area contributed by atoms with Gasteiger partial charge in [0, 0.05) is 32.0 Å². The second kappa shape index (κ2) is 7.37. The van der Waals surface area contributed by atoms with Crippen molar-refractivity contribution in [2.24, 2.45) is 0 Å². The lowest BCUT2D eigenvalue weighted by Gasteiger charge is -2.21. The second-order valence-electron chi connectivity index (χ2n) is 4.31. The van der Waals surface area contributed by atoms with Gasteiger partial charge >= 0.3 is 0 Å². The summed E-state index contributed by atoms with van der Waals surface area (Å²) in [6.07, 6.45) is 1.09. The lowest BCUT2D eigenvalue weighted by molar-refractivity contribution is 0.0656. The number of ether oxygens (including phenoxy) is 1. The fraction of sp³-hybridized carbons (Fsp3) is 0.462. The summed E-state index contributed by atoms with van der Waals surface area (Å²) in [7, 11) is -1.84. The minimum atomic E-state index is -3.36. The van der Waals surface area contributed by atoms with E-state index in [4.69, 9.17) is 9.84 Å². The Balaban J connectivity index is 2.99. The maximum atomic E-state index is 12.3. The molecule has 0 saturated heterocycles. The quantitative estimate of drug-likeness (QED) is 0.776. The molecule has 112 valence electrons. The monoisotopic (exact) mass is 301 g/mol. The number of methoxy groups -OCH3 is 1. The van der Waals surface area contributed by atoms with Crippen LogP contribution < -0.4 is 0 Å². The Morgan fingerprint density at radius 3 is 2.60 bits per heavy atom. The second-order valence-corrected chi connectivity index (χ2v) is 6.32. The molecule has 0 aliphatic rings. The van der Waals surface area contributed by atoms with Gasteiger partial charge in [0.1, 0.15) is 0 Å². The van der Waals surface area contributed by atoms with Crippen molar-refractivity contribution >= 4 is 15.7 Å². The van der Waals surface area contributed by atoms with Crippen molar-refractivity contribution in [3.8, 4) is 0 Å².